The van der Waals surface area contributed by atoms with Gasteiger partial charge in [-0.1, -0.05) is 0 Å². The van der Waals surface area contributed by atoms with Crippen molar-refractivity contribution in [2.24, 2.45) is 0 Å². The summed E-state index contributed by atoms with van der Waals surface area (Å²) in [5.74, 6) is 0.281. The quantitative estimate of drug-likeness (QED) is 0.430. The van der Waals surface area contributed by atoms with E-state index in [0.717, 1.165) is 11.3 Å². The third-order valence-electron chi connectivity index (χ3n) is 4.70. The lowest BCUT2D eigenvalue weighted by molar-refractivity contribution is -0.385. The van der Waals surface area contributed by atoms with Gasteiger partial charge in [0.2, 0.25) is 5.91 Å². The molecule has 2 aliphatic rings. The Bertz CT molecular complexity index is 792. The molecule has 1 saturated heterocycles. The standard InChI is InChI=1S/C19H25N3O5S/c1-19(2,3)27-18(24)15-5-4-8-20(15)12-17(23)21-9-10-28-16-11-13(22(25)26)6-7-14(16)21/h6-7,11,15H,4-5,8-10,12H2,1-3H3. The van der Waals surface area contributed by atoms with Gasteiger partial charge in [-0.3, -0.25) is 24.6 Å². The van der Waals surface area contributed by atoms with Gasteiger partial charge >= 0.3 is 5.97 Å². The molecule has 152 valence electrons. The highest BCUT2D eigenvalue weighted by molar-refractivity contribution is 7.99. The Kier molecular flexibility index (Phi) is 5.95. The van der Waals surface area contributed by atoms with Crippen LogP contribution in [0.4, 0.5) is 11.4 Å². The van der Waals surface area contributed by atoms with Crippen LogP contribution in [-0.2, 0) is 14.3 Å². The molecule has 1 unspecified atom stereocenters. The summed E-state index contributed by atoms with van der Waals surface area (Å²) in [6, 6.07) is 4.16. The van der Waals surface area contributed by atoms with Gasteiger partial charge in [-0.05, 0) is 46.2 Å². The molecule has 1 aromatic rings. The maximum atomic E-state index is 13.0. The minimum atomic E-state index is -0.562. The van der Waals surface area contributed by atoms with Crippen LogP contribution in [-0.4, -0.2) is 58.7 Å². The van der Waals surface area contributed by atoms with E-state index in [-0.39, 0.29) is 24.1 Å². The molecule has 28 heavy (non-hydrogen) atoms. The second kappa shape index (κ2) is 8.08. The molecule has 0 aliphatic carbocycles. The molecule has 1 atom stereocenters. The lowest BCUT2D eigenvalue weighted by Gasteiger charge is -2.32. The Morgan fingerprint density at radius 2 is 2.07 bits per heavy atom. The van der Waals surface area contributed by atoms with Crippen molar-refractivity contribution in [2.75, 3.05) is 30.3 Å². The Morgan fingerprint density at radius 3 is 2.75 bits per heavy atom. The van der Waals surface area contributed by atoms with Crippen LogP contribution in [0.5, 0.6) is 0 Å². The number of anilines is 1. The maximum Gasteiger partial charge on any atom is 0.323 e. The number of rotatable bonds is 4. The van der Waals surface area contributed by atoms with Gasteiger partial charge in [-0.2, -0.15) is 0 Å². The molecule has 2 heterocycles. The number of likely N-dealkylation sites (tertiary alicyclic amines) is 1. The van der Waals surface area contributed by atoms with Crippen molar-refractivity contribution in [3.63, 3.8) is 0 Å². The largest absolute Gasteiger partial charge is 0.459 e. The monoisotopic (exact) mass is 407 g/mol. The number of esters is 1. The number of hydrogen-bond donors (Lipinski definition) is 0. The highest BCUT2D eigenvalue weighted by atomic mass is 32.2. The van der Waals surface area contributed by atoms with Gasteiger partial charge in [0.25, 0.3) is 5.69 Å². The van der Waals surface area contributed by atoms with Crippen molar-refractivity contribution in [1.82, 2.24) is 4.90 Å². The SMILES string of the molecule is CC(C)(C)OC(=O)C1CCCN1CC(=O)N1CCSc2cc([N+](=O)[O-])ccc21. The average molecular weight is 407 g/mol. The van der Waals surface area contributed by atoms with Gasteiger partial charge in [-0.15, -0.1) is 11.8 Å². The number of nitro groups is 1. The number of carbonyl (C=O) groups excluding carboxylic acids is 2. The number of fused-ring (bicyclic) bond motifs is 1. The van der Waals surface area contributed by atoms with E-state index in [2.05, 4.69) is 0 Å². The molecule has 0 N–H and O–H groups in total. The van der Waals surface area contributed by atoms with E-state index < -0.39 is 16.6 Å². The fraction of sp³-hybridized carbons (Fsp3) is 0.579. The molecule has 0 saturated carbocycles. The predicted molar refractivity (Wildman–Crippen MR) is 107 cm³/mol. The molecule has 1 aromatic carbocycles. The van der Waals surface area contributed by atoms with Crippen molar-refractivity contribution in [3.8, 4) is 0 Å². The molecule has 1 fully saturated rings. The number of amides is 1. The summed E-state index contributed by atoms with van der Waals surface area (Å²) in [7, 11) is 0. The number of thioether (sulfide) groups is 1. The smallest absolute Gasteiger partial charge is 0.323 e. The number of hydrogen-bond acceptors (Lipinski definition) is 7. The first kappa shape index (κ1) is 20.6. The zero-order valence-corrected chi connectivity index (χ0v) is 17.2. The minimum Gasteiger partial charge on any atom is -0.459 e. The number of non-ortho nitro benzene ring substituents is 1. The van der Waals surface area contributed by atoms with Gasteiger partial charge in [-0.25, -0.2) is 0 Å². The first-order chi connectivity index (χ1) is 13.2. The van der Waals surface area contributed by atoms with Crippen molar-refractivity contribution in [2.45, 2.75) is 50.2 Å². The Balaban J connectivity index is 1.72. The normalized spacial score (nSPS) is 20.0. The van der Waals surface area contributed by atoms with Crippen LogP contribution in [0.15, 0.2) is 23.1 Å². The highest BCUT2D eigenvalue weighted by Crippen LogP contribution is 2.37. The Labute approximate surface area is 168 Å². The highest BCUT2D eigenvalue weighted by Gasteiger charge is 2.36. The Hall–Kier alpha value is -2.13. The van der Waals surface area contributed by atoms with Gasteiger partial charge in [0.1, 0.15) is 11.6 Å². The van der Waals surface area contributed by atoms with Crippen molar-refractivity contribution in [1.29, 1.82) is 0 Å². The van der Waals surface area contributed by atoms with Crippen molar-refractivity contribution >= 4 is 35.0 Å². The molecule has 2 aliphatic heterocycles. The summed E-state index contributed by atoms with van der Waals surface area (Å²) in [4.78, 5) is 40.3. The van der Waals surface area contributed by atoms with Crippen LogP contribution in [0.1, 0.15) is 33.6 Å². The van der Waals surface area contributed by atoms with Crippen molar-refractivity contribution in [3.05, 3.63) is 28.3 Å². The van der Waals surface area contributed by atoms with E-state index in [4.69, 9.17) is 4.74 Å². The van der Waals surface area contributed by atoms with Crippen LogP contribution in [0.3, 0.4) is 0 Å². The first-order valence-electron chi connectivity index (χ1n) is 9.34. The summed E-state index contributed by atoms with van der Waals surface area (Å²) in [5.41, 5.74) is 0.151. The summed E-state index contributed by atoms with van der Waals surface area (Å²) in [6.07, 6.45) is 1.52. The number of nitro benzene ring substituents is 1. The van der Waals surface area contributed by atoms with Gasteiger partial charge in [0.15, 0.2) is 0 Å². The molecule has 0 bridgehead atoms. The molecular weight excluding hydrogens is 382 g/mol. The van der Waals surface area contributed by atoms with Crippen LogP contribution in [0.25, 0.3) is 0 Å². The van der Waals surface area contributed by atoms with Gasteiger partial charge in [0.05, 0.1) is 17.2 Å². The molecule has 0 radical (unpaired) electrons. The molecule has 8 nitrogen and oxygen atoms in total. The van der Waals surface area contributed by atoms with E-state index in [1.54, 1.807) is 11.0 Å². The number of benzene rings is 1. The molecule has 0 spiro atoms. The maximum absolute atomic E-state index is 13.0. The number of nitrogens with zero attached hydrogens (tertiary/aromatic N) is 3. The van der Waals surface area contributed by atoms with E-state index >= 15 is 0 Å². The lowest BCUT2D eigenvalue weighted by atomic mass is 10.1. The van der Waals surface area contributed by atoms with E-state index in [9.17, 15) is 19.7 Å². The third-order valence-corrected chi connectivity index (χ3v) is 5.72. The fourth-order valence-electron chi connectivity index (χ4n) is 3.49. The first-order valence-corrected chi connectivity index (χ1v) is 10.3. The predicted octanol–water partition coefficient (Wildman–Crippen LogP) is 2.84. The van der Waals surface area contributed by atoms with Crippen molar-refractivity contribution < 1.29 is 19.2 Å². The Morgan fingerprint density at radius 1 is 1.32 bits per heavy atom. The zero-order chi connectivity index (χ0) is 20.5. The minimum absolute atomic E-state index is 0.0186. The zero-order valence-electron chi connectivity index (χ0n) is 16.3. The fourth-order valence-corrected chi connectivity index (χ4v) is 4.52. The van der Waals surface area contributed by atoms with E-state index in [1.807, 2.05) is 25.7 Å². The third kappa shape index (κ3) is 4.64. The molecular formula is C19H25N3O5S. The summed E-state index contributed by atoms with van der Waals surface area (Å²) >= 11 is 1.51. The molecule has 1 amide bonds. The van der Waals surface area contributed by atoms with Crippen LogP contribution in [0, 0.1) is 10.1 Å². The molecule has 0 aromatic heterocycles. The summed E-state index contributed by atoms with van der Waals surface area (Å²) < 4.78 is 5.50. The number of carbonyl (C=O) groups is 2. The van der Waals surface area contributed by atoms with Gasteiger partial charge < -0.3 is 9.64 Å². The lowest BCUT2D eigenvalue weighted by Crippen LogP contribution is -2.47. The van der Waals surface area contributed by atoms with Gasteiger partial charge in [0, 0.05) is 29.3 Å². The average Bonchev–Trinajstić information content (AvgIpc) is 3.07. The molecule has 9 heteroatoms. The van der Waals surface area contributed by atoms with E-state index in [1.165, 1.54) is 23.9 Å². The number of ether oxygens (including phenoxy) is 1. The summed E-state index contributed by atoms with van der Waals surface area (Å²) in [5, 5.41) is 11.0. The van der Waals surface area contributed by atoms with Crippen LogP contribution >= 0.6 is 11.8 Å². The second-order valence-electron chi connectivity index (χ2n) is 7.96. The summed E-state index contributed by atoms with van der Waals surface area (Å²) in [6.45, 7) is 6.83. The topological polar surface area (TPSA) is 93.0 Å². The van der Waals surface area contributed by atoms with Crippen LogP contribution in [0.2, 0.25) is 0 Å². The van der Waals surface area contributed by atoms with E-state index in [0.29, 0.717) is 31.0 Å². The second-order valence-corrected chi connectivity index (χ2v) is 9.10. The van der Waals surface area contributed by atoms with Crippen LogP contribution < -0.4 is 4.90 Å². The molecule has 3 rings (SSSR count).